The molecule has 0 aliphatic rings. The quantitative estimate of drug-likeness (QED) is 0.614. The summed E-state index contributed by atoms with van der Waals surface area (Å²) in [7, 11) is 1.74. The second-order valence-corrected chi connectivity index (χ2v) is 4.45. The molecule has 0 saturated heterocycles. The molecule has 0 aliphatic heterocycles. The van der Waals surface area contributed by atoms with Gasteiger partial charge in [-0.15, -0.1) is 0 Å². The summed E-state index contributed by atoms with van der Waals surface area (Å²) < 4.78 is 0. The molecule has 6 nitrogen and oxygen atoms in total. The van der Waals surface area contributed by atoms with Gasteiger partial charge >= 0.3 is 5.00 Å². The van der Waals surface area contributed by atoms with Crippen molar-refractivity contribution in [2.75, 3.05) is 20.1 Å². The highest BCUT2D eigenvalue weighted by Crippen LogP contribution is 2.22. The molecular weight excluding hydrogens is 242 g/mol. The van der Waals surface area contributed by atoms with Gasteiger partial charge in [0, 0.05) is 31.6 Å². The Hall–Kier alpha value is -1.47. The van der Waals surface area contributed by atoms with Crippen LogP contribution < -0.4 is 5.32 Å². The first-order chi connectivity index (χ1) is 8.04. The van der Waals surface area contributed by atoms with Gasteiger partial charge in [-0.05, 0) is 12.5 Å². The van der Waals surface area contributed by atoms with Crippen LogP contribution in [-0.2, 0) is 11.3 Å². The van der Waals surface area contributed by atoms with E-state index in [9.17, 15) is 14.9 Å². The highest BCUT2D eigenvalue weighted by molar-refractivity contribution is 7.13. The van der Waals surface area contributed by atoms with E-state index in [0.717, 1.165) is 16.9 Å². The summed E-state index contributed by atoms with van der Waals surface area (Å²) in [6.45, 7) is 3.28. The maximum atomic E-state index is 11.4. The monoisotopic (exact) mass is 257 g/mol. The molecule has 7 heteroatoms. The van der Waals surface area contributed by atoms with Gasteiger partial charge in [-0.3, -0.25) is 14.9 Å². The Bertz CT molecular complexity index is 405. The SMILES string of the molecule is CCN(C)C(=O)CNCc1csc([N+](=O)[O-])c1. The van der Waals surface area contributed by atoms with Crippen LogP contribution in [0.5, 0.6) is 0 Å². The highest BCUT2D eigenvalue weighted by Gasteiger charge is 2.10. The van der Waals surface area contributed by atoms with Crippen molar-refractivity contribution in [3.8, 4) is 0 Å². The summed E-state index contributed by atoms with van der Waals surface area (Å²) in [5.41, 5.74) is 0.827. The first-order valence-electron chi connectivity index (χ1n) is 5.21. The van der Waals surface area contributed by atoms with Crippen LogP contribution in [-0.4, -0.2) is 35.9 Å². The number of amides is 1. The van der Waals surface area contributed by atoms with Crippen molar-refractivity contribution in [2.24, 2.45) is 0 Å². The summed E-state index contributed by atoms with van der Waals surface area (Å²) in [6, 6.07) is 1.52. The number of thiophene rings is 1. The molecule has 1 aromatic heterocycles. The van der Waals surface area contributed by atoms with E-state index in [4.69, 9.17) is 0 Å². The highest BCUT2D eigenvalue weighted by atomic mass is 32.1. The van der Waals surface area contributed by atoms with E-state index in [1.165, 1.54) is 6.07 Å². The number of hydrogen-bond acceptors (Lipinski definition) is 5. The van der Waals surface area contributed by atoms with Crippen LogP contribution in [0.1, 0.15) is 12.5 Å². The van der Waals surface area contributed by atoms with Crippen molar-refractivity contribution in [1.29, 1.82) is 0 Å². The van der Waals surface area contributed by atoms with Crippen LogP contribution in [0, 0.1) is 10.1 Å². The van der Waals surface area contributed by atoms with E-state index in [0.29, 0.717) is 13.1 Å². The molecule has 94 valence electrons. The summed E-state index contributed by atoms with van der Waals surface area (Å²) in [5, 5.41) is 15.3. The first-order valence-corrected chi connectivity index (χ1v) is 6.09. The van der Waals surface area contributed by atoms with Gasteiger partial charge in [-0.1, -0.05) is 11.3 Å². The molecule has 0 atom stereocenters. The standard InChI is InChI=1S/C10H15N3O3S/c1-3-12(2)9(14)6-11-5-8-4-10(13(15)16)17-7-8/h4,7,11H,3,5-6H2,1-2H3. The Labute approximate surface area is 103 Å². The molecule has 0 radical (unpaired) electrons. The van der Waals surface area contributed by atoms with Crippen molar-refractivity contribution in [2.45, 2.75) is 13.5 Å². The molecule has 0 saturated carbocycles. The number of nitrogens with one attached hydrogen (secondary N) is 1. The molecule has 17 heavy (non-hydrogen) atoms. The largest absolute Gasteiger partial charge is 0.345 e. The van der Waals surface area contributed by atoms with Gasteiger partial charge in [0.2, 0.25) is 5.91 Å². The lowest BCUT2D eigenvalue weighted by atomic mass is 10.3. The third kappa shape index (κ3) is 4.12. The smallest absolute Gasteiger partial charge is 0.324 e. The Morgan fingerprint density at radius 1 is 1.65 bits per heavy atom. The second kappa shape index (κ2) is 6.31. The van der Waals surface area contributed by atoms with Crippen LogP contribution >= 0.6 is 11.3 Å². The maximum Gasteiger partial charge on any atom is 0.324 e. The Morgan fingerprint density at radius 2 is 2.35 bits per heavy atom. The van der Waals surface area contributed by atoms with Crippen molar-refractivity contribution >= 4 is 22.2 Å². The molecule has 0 aliphatic carbocycles. The minimum atomic E-state index is -0.413. The number of carbonyl (C=O) groups excluding carboxylic acids is 1. The van der Waals surface area contributed by atoms with Crippen LogP contribution in [0.15, 0.2) is 11.4 Å². The topological polar surface area (TPSA) is 75.5 Å². The number of nitrogens with zero attached hydrogens (tertiary/aromatic N) is 2. The molecule has 1 N–H and O–H groups in total. The molecule has 1 rings (SSSR count). The Balaban J connectivity index is 2.35. The fourth-order valence-corrected chi connectivity index (χ4v) is 1.91. The van der Waals surface area contributed by atoms with E-state index in [-0.39, 0.29) is 17.5 Å². The van der Waals surface area contributed by atoms with Gasteiger partial charge in [0.25, 0.3) is 0 Å². The second-order valence-electron chi connectivity index (χ2n) is 3.56. The van der Waals surface area contributed by atoms with E-state index >= 15 is 0 Å². The fraction of sp³-hybridized carbons (Fsp3) is 0.500. The number of hydrogen-bond donors (Lipinski definition) is 1. The first kappa shape index (κ1) is 13.6. The van der Waals surface area contributed by atoms with Gasteiger partial charge in [-0.2, -0.15) is 0 Å². The summed E-state index contributed by atoms with van der Waals surface area (Å²) >= 11 is 1.09. The van der Waals surface area contributed by atoms with Crippen molar-refractivity contribution in [3.05, 3.63) is 27.1 Å². The number of rotatable bonds is 6. The van der Waals surface area contributed by atoms with Crippen LogP contribution in [0.4, 0.5) is 5.00 Å². The molecule has 0 unspecified atom stereocenters. The van der Waals surface area contributed by atoms with Crippen LogP contribution in [0.3, 0.4) is 0 Å². The molecule has 0 spiro atoms. The number of carbonyl (C=O) groups is 1. The van der Waals surface area contributed by atoms with E-state index in [2.05, 4.69) is 5.32 Å². The Kier molecular flexibility index (Phi) is 5.05. The predicted octanol–water partition coefficient (Wildman–Crippen LogP) is 1.22. The molecule has 1 aromatic rings. The molecular formula is C10H15N3O3S. The van der Waals surface area contributed by atoms with Crippen LogP contribution in [0.25, 0.3) is 0 Å². The summed E-state index contributed by atoms with van der Waals surface area (Å²) in [5.74, 6) is 0.0113. The third-order valence-corrected chi connectivity index (χ3v) is 3.25. The molecule has 0 bridgehead atoms. The fourth-order valence-electron chi connectivity index (χ4n) is 1.18. The third-order valence-electron chi connectivity index (χ3n) is 2.33. The zero-order valence-electron chi connectivity index (χ0n) is 9.80. The lowest BCUT2D eigenvalue weighted by Gasteiger charge is -2.14. The van der Waals surface area contributed by atoms with Crippen molar-refractivity contribution in [3.63, 3.8) is 0 Å². The molecule has 1 heterocycles. The van der Waals surface area contributed by atoms with Gasteiger partial charge in [0.15, 0.2) is 0 Å². The van der Waals surface area contributed by atoms with E-state index < -0.39 is 4.92 Å². The lowest BCUT2D eigenvalue weighted by Crippen LogP contribution is -2.35. The van der Waals surface area contributed by atoms with Gasteiger partial charge < -0.3 is 10.2 Å². The normalized spacial score (nSPS) is 10.2. The number of nitro groups is 1. The average Bonchev–Trinajstić information content (AvgIpc) is 2.76. The lowest BCUT2D eigenvalue weighted by molar-refractivity contribution is -0.380. The van der Waals surface area contributed by atoms with E-state index in [1.54, 1.807) is 17.3 Å². The van der Waals surface area contributed by atoms with Crippen molar-refractivity contribution < 1.29 is 9.72 Å². The zero-order valence-corrected chi connectivity index (χ0v) is 10.6. The zero-order chi connectivity index (χ0) is 12.8. The minimum Gasteiger partial charge on any atom is -0.345 e. The molecule has 0 fully saturated rings. The average molecular weight is 257 g/mol. The number of likely N-dealkylation sites (N-methyl/N-ethyl adjacent to an activating group) is 1. The van der Waals surface area contributed by atoms with Crippen LogP contribution in [0.2, 0.25) is 0 Å². The minimum absolute atomic E-state index is 0.0113. The maximum absolute atomic E-state index is 11.4. The summed E-state index contributed by atoms with van der Waals surface area (Å²) in [4.78, 5) is 23.1. The van der Waals surface area contributed by atoms with Crippen molar-refractivity contribution in [1.82, 2.24) is 10.2 Å². The van der Waals surface area contributed by atoms with Gasteiger partial charge in [0.1, 0.15) is 0 Å². The predicted molar refractivity (Wildman–Crippen MR) is 66.0 cm³/mol. The Morgan fingerprint density at radius 3 is 2.88 bits per heavy atom. The molecule has 1 amide bonds. The van der Waals surface area contributed by atoms with Gasteiger partial charge in [-0.25, -0.2) is 0 Å². The van der Waals surface area contributed by atoms with E-state index in [1.807, 2.05) is 6.92 Å². The molecule has 0 aromatic carbocycles. The van der Waals surface area contributed by atoms with Gasteiger partial charge in [0.05, 0.1) is 11.5 Å². The summed E-state index contributed by atoms with van der Waals surface area (Å²) in [6.07, 6.45) is 0.